The van der Waals surface area contributed by atoms with Gasteiger partial charge in [-0.1, -0.05) is 162 Å². The fourth-order valence-electron chi connectivity index (χ4n) is 10.7. The number of hydrogen-bond donors (Lipinski definition) is 3. The lowest BCUT2D eigenvalue weighted by Gasteiger charge is -2.31. The van der Waals surface area contributed by atoms with Crippen molar-refractivity contribution in [2.75, 3.05) is 12.0 Å². The number of anilines is 1. The minimum Gasteiger partial charge on any atom is -0.506 e. The van der Waals surface area contributed by atoms with E-state index in [1.165, 1.54) is 22.3 Å². The van der Waals surface area contributed by atoms with E-state index in [1.807, 2.05) is 62.4 Å². The molecule has 0 aliphatic heterocycles. The zero-order chi connectivity index (χ0) is 44.9. The highest BCUT2D eigenvalue weighted by Gasteiger charge is 2.56. The number of aromatic hydroxyl groups is 3. The SMILES string of the molecule is [B]c1c([B])c(O)c(N(C(=C)/C=C2\C(=C/C)c3ccccc3C2/C(=C/C=C\C=C)OC)C(/C=C\C)=C/C(C)c2ccc3c(c2)C(C)(C)CC32CC(C)(C)c3ccccc32)c(O)c1O. The fraction of sp³-hybridized carbons (Fsp3) is 0.273. The summed E-state index contributed by atoms with van der Waals surface area (Å²) in [6.07, 6.45) is 19.3. The Hall–Kier alpha value is -6.07. The largest absolute Gasteiger partial charge is 0.506 e. The number of ether oxygens (including phenoxy) is 1. The average Bonchev–Trinajstić information content (AvgIpc) is 3.77. The Morgan fingerprint density at radius 2 is 1.47 bits per heavy atom. The van der Waals surface area contributed by atoms with Crippen LogP contribution in [0.2, 0.25) is 0 Å². The van der Waals surface area contributed by atoms with Crippen molar-refractivity contribution in [3.05, 3.63) is 196 Å². The number of rotatable bonds is 11. The van der Waals surface area contributed by atoms with E-state index in [0.29, 0.717) is 17.2 Å². The van der Waals surface area contributed by atoms with E-state index in [2.05, 4.69) is 115 Å². The first-order chi connectivity index (χ1) is 29.5. The zero-order valence-electron chi connectivity index (χ0n) is 37.4. The van der Waals surface area contributed by atoms with Gasteiger partial charge in [0, 0.05) is 22.7 Å². The number of nitrogens with zero attached hydrogens (tertiary/aromatic N) is 1. The van der Waals surface area contributed by atoms with Crippen LogP contribution in [0.1, 0.15) is 112 Å². The van der Waals surface area contributed by atoms with Crippen molar-refractivity contribution in [1.29, 1.82) is 0 Å². The van der Waals surface area contributed by atoms with Gasteiger partial charge in [-0.05, 0) is 106 Å². The van der Waals surface area contributed by atoms with E-state index < -0.39 is 17.2 Å². The Morgan fingerprint density at radius 3 is 2.13 bits per heavy atom. The van der Waals surface area contributed by atoms with Gasteiger partial charge in [-0.3, -0.25) is 0 Å². The smallest absolute Gasteiger partial charge is 0.185 e. The molecule has 0 bridgehead atoms. The Balaban J connectivity index is 1.40. The van der Waals surface area contributed by atoms with Gasteiger partial charge in [-0.25, -0.2) is 0 Å². The van der Waals surface area contributed by atoms with Crippen molar-refractivity contribution >= 4 is 37.9 Å². The van der Waals surface area contributed by atoms with Crippen LogP contribution in [0, 0.1) is 0 Å². The normalized spacial score (nSPS) is 21.8. The van der Waals surface area contributed by atoms with Crippen LogP contribution < -0.4 is 15.8 Å². The molecule has 0 saturated heterocycles. The first-order valence-electron chi connectivity index (χ1n) is 21.4. The molecule has 0 saturated carbocycles. The van der Waals surface area contributed by atoms with Gasteiger partial charge in [0.05, 0.1) is 13.0 Å². The van der Waals surface area contributed by atoms with Gasteiger partial charge >= 0.3 is 0 Å². The summed E-state index contributed by atoms with van der Waals surface area (Å²) in [4.78, 5) is 1.63. The molecule has 3 N–H and O–H groups in total. The Labute approximate surface area is 371 Å². The van der Waals surface area contributed by atoms with Gasteiger partial charge < -0.3 is 25.0 Å². The lowest BCUT2D eigenvalue weighted by molar-refractivity contribution is 0.273. The third kappa shape index (κ3) is 7.19. The van der Waals surface area contributed by atoms with Crippen molar-refractivity contribution in [1.82, 2.24) is 0 Å². The van der Waals surface area contributed by atoms with Gasteiger partial charge in [-0.15, -0.1) is 0 Å². The van der Waals surface area contributed by atoms with Crippen molar-refractivity contribution in [3.8, 4) is 17.2 Å². The van der Waals surface area contributed by atoms with Crippen molar-refractivity contribution in [2.24, 2.45) is 0 Å². The third-order valence-corrected chi connectivity index (χ3v) is 13.3. The maximum Gasteiger partial charge on any atom is 0.185 e. The monoisotopic (exact) mass is 817 g/mol. The van der Waals surface area contributed by atoms with E-state index in [-0.39, 0.29) is 44.7 Å². The van der Waals surface area contributed by atoms with Gasteiger partial charge in [0.25, 0.3) is 0 Å². The van der Waals surface area contributed by atoms with Crippen LogP contribution in [-0.2, 0) is 21.0 Å². The van der Waals surface area contributed by atoms with Gasteiger partial charge in [-0.2, -0.15) is 0 Å². The average molecular weight is 818 g/mol. The molecular formula is C55H57B2NO4. The maximum absolute atomic E-state index is 11.8. The standard InChI is InChI=1S/C55H57B2NO4/c1-11-14-15-25-45(62-10)46-39-22-17-16-21-38(39)37(13-3)40(46)29-34(5)58(49-50(59)47(56)48(57)51(60)52(49)61)36(20-12-2)28-33(4)35-26-27-43-44(30-35)54(8,9)32-55(43)31-53(6,7)41-23-18-19-24-42(41)55/h11-30,33,46,59-61H,1,5,31-32H2,2-4,6-10H3/b15-14-,20-12-,36-28+,37-13-,40-29+,45-25-. The summed E-state index contributed by atoms with van der Waals surface area (Å²) < 4.78 is 6.06. The Kier molecular flexibility index (Phi) is 11.8. The molecular weight excluding hydrogens is 760 g/mol. The molecule has 3 unspecified atom stereocenters. The molecule has 0 fully saturated rings. The minimum absolute atomic E-state index is 0.0571. The van der Waals surface area contributed by atoms with Crippen molar-refractivity contribution < 1.29 is 20.1 Å². The third-order valence-electron chi connectivity index (χ3n) is 13.3. The van der Waals surface area contributed by atoms with Gasteiger partial charge in [0.15, 0.2) is 11.5 Å². The van der Waals surface area contributed by atoms with E-state index >= 15 is 0 Å². The second kappa shape index (κ2) is 16.7. The second-order valence-corrected chi connectivity index (χ2v) is 18.2. The van der Waals surface area contributed by atoms with E-state index in [9.17, 15) is 15.3 Å². The fourth-order valence-corrected chi connectivity index (χ4v) is 10.7. The molecule has 0 heterocycles. The van der Waals surface area contributed by atoms with E-state index in [1.54, 1.807) is 18.1 Å². The molecule has 5 nitrogen and oxygen atoms in total. The summed E-state index contributed by atoms with van der Waals surface area (Å²) in [5, 5.41) is 34.6. The van der Waals surface area contributed by atoms with Gasteiger partial charge in [0.2, 0.25) is 0 Å². The lowest BCUT2D eigenvalue weighted by atomic mass is 9.72. The molecule has 3 aliphatic rings. The quantitative estimate of drug-likeness (QED) is 0.0462. The van der Waals surface area contributed by atoms with Crippen LogP contribution in [0.15, 0.2) is 157 Å². The highest BCUT2D eigenvalue weighted by molar-refractivity contribution is 6.51. The second-order valence-electron chi connectivity index (χ2n) is 18.2. The highest BCUT2D eigenvalue weighted by atomic mass is 16.5. The number of benzene rings is 4. The highest BCUT2D eigenvalue weighted by Crippen LogP contribution is 2.63. The van der Waals surface area contributed by atoms with Crippen LogP contribution in [0.25, 0.3) is 5.57 Å². The molecule has 7 heteroatoms. The van der Waals surface area contributed by atoms with E-state index in [4.69, 9.17) is 20.4 Å². The minimum atomic E-state index is -0.640. The summed E-state index contributed by atoms with van der Waals surface area (Å²) in [5.74, 6) is -1.56. The molecule has 312 valence electrons. The Morgan fingerprint density at radius 1 is 0.839 bits per heavy atom. The molecule has 0 aromatic heterocycles. The predicted octanol–water partition coefficient (Wildman–Crippen LogP) is 11.0. The summed E-state index contributed by atoms with van der Waals surface area (Å²) in [5.41, 5.74) is 10.8. The van der Waals surface area contributed by atoms with Crippen LogP contribution in [0.4, 0.5) is 5.69 Å². The zero-order valence-corrected chi connectivity index (χ0v) is 37.4. The number of allylic oxidation sites excluding steroid dienone is 11. The topological polar surface area (TPSA) is 73.2 Å². The molecule has 4 aromatic carbocycles. The lowest BCUT2D eigenvalue weighted by Crippen LogP contribution is -2.30. The number of methoxy groups -OCH3 is 1. The van der Waals surface area contributed by atoms with E-state index in [0.717, 1.165) is 40.7 Å². The van der Waals surface area contributed by atoms with Crippen LogP contribution in [-0.4, -0.2) is 38.1 Å². The summed E-state index contributed by atoms with van der Waals surface area (Å²) >= 11 is 0. The molecule has 0 amide bonds. The van der Waals surface area contributed by atoms with Crippen molar-refractivity contribution in [2.45, 2.75) is 89.4 Å². The molecule has 3 atom stereocenters. The predicted molar refractivity (Wildman–Crippen MR) is 259 cm³/mol. The van der Waals surface area contributed by atoms with Crippen LogP contribution in [0.3, 0.4) is 0 Å². The van der Waals surface area contributed by atoms with Gasteiger partial charge in [0.1, 0.15) is 32.9 Å². The number of phenols is 3. The molecule has 1 spiro atoms. The number of fused-ring (bicyclic) bond motifs is 5. The maximum atomic E-state index is 11.8. The molecule has 62 heavy (non-hydrogen) atoms. The molecule has 4 aromatic rings. The van der Waals surface area contributed by atoms with Crippen LogP contribution >= 0.6 is 0 Å². The first kappa shape index (κ1) is 44.0. The number of phenolic OH excluding ortho intramolecular Hbond substituents is 3. The molecule has 3 aliphatic carbocycles. The summed E-state index contributed by atoms with van der Waals surface area (Å²) in [6.45, 7) is 23.9. The van der Waals surface area contributed by atoms with Crippen molar-refractivity contribution in [3.63, 3.8) is 0 Å². The molecule has 4 radical (unpaired) electrons. The Bertz CT molecular complexity index is 2640. The summed E-state index contributed by atoms with van der Waals surface area (Å²) in [6, 6.07) is 24.1. The first-order valence-corrected chi connectivity index (χ1v) is 21.4. The number of hydrogen-bond acceptors (Lipinski definition) is 5. The molecule has 7 rings (SSSR count). The summed E-state index contributed by atoms with van der Waals surface area (Å²) in [7, 11) is 14.1. The van der Waals surface area contributed by atoms with Crippen LogP contribution in [0.5, 0.6) is 17.2 Å².